The fraction of sp³-hybridized carbons (Fsp3) is 0.333. The minimum atomic E-state index is -0.381. The molecule has 0 heterocycles. The van der Waals surface area contributed by atoms with Crippen LogP contribution in [0.2, 0.25) is 4.20 Å². The molecule has 2 aromatic rings. The van der Waals surface area contributed by atoms with Gasteiger partial charge in [-0.3, -0.25) is 0 Å². The Morgan fingerprint density at radius 3 is 1.71 bits per heavy atom. The molecule has 0 radical (unpaired) electrons. The van der Waals surface area contributed by atoms with Crippen LogP contribution < -0.4 is 0 Å². The summed E-state index contributed by atoms with van der Waals surface area (Å²) in [5.74, 6) is -0.0423. The Kier molecular flexibility index (Phi) is 6.99. The van der Waals surface area contributed by atoms with E-state index in [1.807, 2.05) is 19.1 Å². The zero-order valence-corrected chi connectivity index (χ0v) is 16.5. The molecule has 0 aliphatic heterocycles. The summed E-state index contributed by atoms with van der Waals surface area (Å²) in [5.41, 5.74) is 2.42. The summed E-state index contributed by atoms with van der Waals surface area (Å²) >= 11 is -0.377. The van der Waals surface area contributed by atoms with Crippen LogP contribution in [0.4, 0.5) is 0 Å². The van der Waals surface area contributed by atoms with E-state index < -0.39 is 0 Å². The zero-order valence-electron chi connectivity index (χ0n) is 14.7. The van der Waals surface area contributed by atoms with Crippen molar-refractivity contribution in [2.45, 2.75) is 37.8 Å². The fourth-order valence-electron chi connectivity index (χ4n) is 2.71. The maximum absolute atomic E-state index is 12.7. The van der Waals surface area contributed by atoms with Crippen LogP contribution in [0, 0.1) is 0 Å². The van der Waals surface area contributed by atoms with E-state index in [9.17, 15) is 4.79 Å². The molecule has 0 saturated carbocycles. The second-order valence-electron chi connectivity index (χ2n) is 5.65. The van der Waals surface area contributed by atoms with Crippen molar-refractivity contribution in [3.8, 4) is 0 Å². The van der Waals surface area contributed by atoms with Gasteiger partial charge in [-0.1, -0.05) is 0 Å². The molecule has 0 aliphatic carbocycles. The number of rotatable bonds is 7. The van der Waals surface area contributed by atoms with Crippen LogP contribution in [0.1, 0.15) is 44.7 Å². The van der Waals surface area contributed by atoms with E-state index in [1.54, 1.807) is 0 Å². The molecule has 24 heavy (non-hydrogen) atoms. The fourth-order valence-corrected chi connectivity index (χ4v) is 5.77. The van der Waals surface area contributed by atoms with Gasteiger partial charge in [-0.2, -0.15) is 0 Å². The number of hydrogen-bond donors (Lipinski definition) is 0. The maximum atomic E-state index is 12.7. The average molecular weight is 384 g/mol. The van der Waals surface area contributed by atoms with E-state index in [4.69, 9.17) is 4.74 Å². The Bertz CT molecular complexity index is 632. The van der Waals surface area contributed by atoms with Crippen molar-refractivity contribution in [1.82, 2.24) is 0 Å². The summed E-state index contributed by atoms with van der Waals surface area (Å²) in [5, 5.41) is 0. The first-order valence-electron chi connectivity index (χ1n) is 8.54. The van der Waals surface area contributed by atoms with E-state index in [0.29, 0.717) is 6.61 Å². The van der Waals surface area contributed by atoms with Gasteiger partial charge in [0.1, 0.15) is 0 Å². The van der Waals surface area contributed by atoms with Crippen LogP contribution in [0.15, 0.2) is 60.7 Å². The molecule has 0 saturated heterocycles. The SMILES string of the molecule is CCOC(=O)C(CC)(CC)[As]=C(c1ccccc1)c1ccccc1. The van der Waals surface area contributed by atoms with Crippen molar-refractivity contribution in [2.75, 3.05) is 6.61 Å². The molecule has 126 valence electrons. The van der Waals surface area contributed by atoms with E-state index in [1.165, 1.54) is 15.4 Å². The van der Waals surface area contributed by atoms with E-state index in [2.05, 4.69) is 62.4 Å². The van der Waals surface area contributed by atoms with Crippen LogP contribution in [0.25, 0.3) is 0 Å². The van der Waals surface area contributed by atoms with Gasteiger partial charge in [0.05, 0.1) is 0 Å². The molecule has 0 amide bonds. The first-order chi connectivity index (χ1) is 11.7. The monoisotopic (exact) mass is 384 g/mol. The Labute approximate surface area is 151 Å². The number of esters is 1. The predicted molar refractivity (Wildman–Crippen MR) is 102 cm³/mol. The van der Waals surface area contributed by atoms with Gasteiger partial charge in [-0.15, -0.1) is 0 Å². The Hall–Kier alpha value is -1.66. The van der Waals surface area contributed by atoms with Crippen molar-refractivity contribution < 1.29 is 9.53 Å². The summed E-state index contributed by atoms with van der Waals surface area (Å²) in [4.78, 5) is 12.7. The molecule has 0 unspecified atom stereocenters. The summed E-state index contributed by atoms with van der Waals surface area (Å²) in [6, 6.07) is 20.8. The van der Waals surface area contributed by atoms with Crippen molar-refractivity contribution in [1.29, 1.82) is 0 Å². The third-order valence-electron chi connectivity index (χ3n) is 4.25. The van der Waals surface area contributed by atoms with Crippen molar-refractivity contribution >= 4 is 25.6 Å². The molecule has 3 heteroatoms. The molecule has 0 bridgehead atoms. The van der Waals surface area contributed by atoms with E-state index >= 15 is 0 Å². The third kappa shape index (κ3) is 4.24. The minimum absolute atomic E-state index is 0.0423. The molecule has 2 nitrogen and oxygen atoms in total. The van der Waals surface area contributed by atoms with Crippen LogP contribution in [0.5, 0.6) is 0 Å². The van der Waals surface area contributed by atoms with Gasteiger partial charge in [0, 0.05) is 0 Å². The quantitative estimate of drug-likeness (QED) is 0.519. The van der Waals surface area contributed by atoms with Gasteiger partial charge in [0.25, 0.3) is 0 Å². The Balaban J connectivity index is 2.60. The first-order valence-corrected chi connectivity index (χ1v) is 10.4. The van der Waals surface area contributed by atoms with Gasteiger partial charge in [-0.05, 0) is 0 Å². The second kappa shape index (κ2) is 8.99. The number of carbonyl (C=O) groups excluding carboxylic acids is 1. The number of ether oxygens (including phenoxy) is 1. The molecule has 0 atom stereocenters. The zero-order chi connectivity index (χ0) is 17.4. The third-order valence-corrected chi connectivity index (χ3v) is 8.41. The summed E-state index contributed by atoms with van der Waals surface area (Å²) < 4.78 is 6.35. The summed E-state index contributed by atoms with van der Waals surface area (Å²) in [6.07, 6.45) is 1.62. The predicted octanol–water partition coefficient (Wildman–Crippen LogP) is 4.50. The Morgan fingerprint density at radius 2 is 1.33 bits per heavy atom. The van der Waals surface area contributed by atoms with E-state index in [0.717, 1.165) is 12.8 Å². The van der Waals surface area contributed by atoms with Gasteiger partial charge >= 0.3 is 151 Å². The van der Waals surface area contributed by atoms with Gasteiger partial charge in [0.15, 0.2) is 0 Å². The molecule has 0 spiro atoms. The number of carbonyl (C=O) groups is 1. The number of hydrogen-bond acceptors (Lipinski definition) is 2. The van der Waals surface area contributed by atoms with Crippen molar-refractivity contribution in [2.24, 2.45) is 0 Å². The van der Waals surface area contributed by atoms with Gasteiger partial charge in [-0.25, -0.2) is 0 Å². The molecule has 0 aliphatic rings. The summed E-state index contributed by atoms with van der Waals surface area (Å²) in [6.45, 7) is 6.52. The standard InChI is InChI=1S/C21H25AsO2/c1-4-21(5-2,20(23)24-6-3)22-19(17-13-9-7-10-14-17)18-15-11-8-12-16-18/h7-16H,4-6H2,1-3H3. The molecular formula is C21H25AsO2. The van der Waals surface area contributed by atoms with Crippen molar-refractivity contribution in [3.63, 3.8) is 0 Å². The Morgan fingerprint density at radius 1 is 0.875 bits per heavy atom. The van der Waals surface area contributed by atoms with Gasteiger partial charge < -0.3 is 0 Å². The van der Waals surface area contributed by atoms with Crippen LogP contribution in [-0.2, 0) is 9.53 Å². The van der Waals surface area contributed by atoms with Crippen LogP contribution >= 0.6 is 0 Å². The number of benzene rings is 2. The molecular weight excluding hydrogens is 359 g/mol. The second-order valence-corrected chi connectivity index (χ2v) is 8.86. The van der Waals surface area contributed by atoms with Gasteiger partial charge in [0.2, 0.25) is 0 Å². The normalized spacial score (nSPS) is 11.3. The van der Waals surface area contributed by atoms with Crippen LogP contribution in [0.3, 0.4) is 0 Å². The van der Waals surface area contributed by atoms with E-state index in [-0.39, 0.29) is 25.5 Å². The van der Waals surface area contributed by atoms with Crippen molar-refractivity contribution in [3.05, 3.63) is 71.8 Å². The summed E-state index contributed by atoms with van der Waals surface area (Å²) in [7, 11) is 0. The molecule has 0 aromatic heterocycles. The average Bonchev–Trinajstić information content (AvgIpc) is 2.65. The molecule has 2 aromatic carbocycles. The topological polar surface area (TPSA) is 26.3 Å². The molecule has 0 fully saturated rings. The first kappa shape index (κ1) is 18.7. The molecule has 0 N–H and O–H groups in total. The molecule has 2 rings (SSSR count). The van der Waals surface area contributed by atoms with Crippen LogP contribution in [-0.4, -0.2) is 32.2 Å².